The molecule has 1 aliphatic rings. The van der Waals surface area contributed by atoms with E-state index in [9.17, 15) is 9.59 Å². The molecule has 0 saturated heterocycles. The van der Waals surface area contributed by atoms with Crippen molar-refractivity contribution < 1.29 is 14.7 Å². The highest BCUT2D eigenvalue weighted by Gasteiger charge is 2.26. The molecule has 0 aliphatic heterocycles. The maximum Gasteiger partial charge on any atom is 0.326 e. The number of aliphatic imine (C=N–C) groups is 1. The van der Waals surface area contributed by atoms with Crippen molar-refractivity contribution in [1.82, 2.24) is 10.6 Å². The first-order chi connectivity index (χ1) is 9.54. The smallest absolute Gasteiger partial charge is 0.326 e. The van der Waals surface area contributed by atoms with Crippen molar-refractivity contribution in [3.8, 4) is 0 Å². The Labute approximate surface area is 119 Å². The van der Waals surface area contributed by atoms with E-state index in [-0.39, 0.29) is 11.8 Å². The molecule has 0 spiro atoms. The molecule has 20 heavy (non-hydrogen) atoms. The Morgan fingerprint density at radius 1 is 1.40 bits per heavy atom. The molecule has 5 N–H and O–H groups in total. The lowest BCUT2D eigenvalue weighted by Gasteiger charge is -2.17. The van der Waals surface area contributed by atoms with Gasteiger partial charge in [0.1, 0.15) is 6.04 Å². The van der Waals surface area contributed by atoms with E-state index < -0.39 is 12.0 Å². The van der Waals surface area contributed by atoms with Crippen LogP contribution in [0.25, 0.3) is 0 Å². The summed E-state index contributed by atoms with van der Waals surface area (Å²) in [7, 11) is 1.57. The minimum Gasteiger partial charge on any atom is -0.480 e. The Bertz CT molecular complexity index is 365. The van der Waals surface area contributed by atoms with E-state index in [1.165, 1.54) is 0 Å². The minimum absolute atomic E-state index is 0.0159. The molecule has 0 aromatic heterocycles. The third-order valence-corrected chi connectivity index (χ3v) is 3.56. The van der Waals surface area contributed by atoms with Crippen LogP contribution in [0.1, 0.15) is 38.5 Å². The molecular formula is C13H24N4O3. The first kappa shape index (κ1) is 16.3. The number of carboxylic acids is 1. The maximum absolute atomic E-state index is 11.9. The van der Waals surface area contributed by atoms with Gasteiger partial charge in [-0.15, -0.1) is 0 Å². The van der Waals surface area contributed by atoms with Crippen LogP contribution < -0.4 is 16.4 Å². The lowest BCUT2D eigenvalue weighted by atomic mass is 10.1. The molecular weight excluding hydrogens is 260 g/mol. The number of aliphatic carboxylic acids is 1. The molecule has 7 heteroatoms. The van der Waals surface area contributed by atoms with Crippen LogP contribution in [0.5, 0.6) is 0 Å². The molecule has 7 nitrogen and oxygen atoms in total. The molecule has 1 aliphatic carbocycles. The van der Waals surface area contributed by atoms with Gasteiger partial charge in [0.25, 0.3) is 0 Å². The second kappa shape index (κ2) is 8.39. The van der Waals surface area contributed by atoms with Gasteiger partial charge in [0.15, 0.2) is 5.96 Å². The Balaban J connectivity index is 2.32. The molecule has 0 radical (unpaired) electrons. The van der Waals surface area contributed by atoms with Gasteiger partial charge in [0, 0.05) is 19.5 Å². The number of guanidine groups is 1. The Morgan fingerprint density at radius 3 is 2.60 bits per heavy atom. The average Bonchev–Trinajstić information content (AvgIpc) is 2.95. The normalized spacial score (nSPS) is 17.8. The van der Waals surface area contributed by atoms with Gasteiger partial charge in [-0.3, -0.25) is 9.79 Å². The topological polar surface area (TPSA) is 117 Å². The van der Waals surface area contributed by atoms with Gasteiger partial charge < -0.3 is 21.5 Å². The zero-order valence-electron chi connectivity index (χ0n) is 11.9. The summed E-state index contributed by atoms with van der Waals surface area (Å²) in [5.74, 6) is -0.810. The molecule has 1 amide bonds. The average molecular weight is 284 g/mol. The van der Waals surface area contributed by atoms with Crippen molar-refractivity contribution in [2.24, 2.45) is 16.6 Å². The third-order valence-electron chi connectivity index (χ3n) is 3.56. The van der Waals surface area contributed by atoms with Crippen molar-refractivity contribution in [3.05, 3.63) is 0 Å². The molecule has 0 aromatic carbocycles. The number of rotatable bonds is 7. The predicted octanol–water partition coefficient (Wildman–Crippen LogP) is 0.0603. The van der Waals surface area contributed by atoms with Crippen molar-refractivity contribution in [3.63, 3.8) is 0 Å². The SMILES string of the molecule is CN=C(N)NCCC[C@H](NC(=O)C1CCCC1)C(=O)O. The molecule has 1 atom stereocenters. The molecule has 114 valence electrons. The highest BCUT2D eigenvalue weighted by molar-refractivity contribution is 5.85. The second-order valence-corrected chi connectivity index (χ2v) is 5.06. The lowest BCUT2D eigenvalue weighted by Crippen LogP contribution is -2.43. The quantitative estimate of drug-likeness (QED) is 0.300. The summed E-state index contributed by atoms with van der Waals surface area (Å²) >= 11 is 0. The van der Waals surface area contributed by atoms with Gasteiger partial charge in [0.05, 0.1) is 0 Å². The molecule has 0 unspecified atom stereocenters. The monoisotopic (exact) mass is 284 g/mol. The number of nitrogens with zero attached hydrogens (tertiary/aromatic N) is 1. The van der Waals surface area contributed by atoms with Crippen LogP contribution in [-0.4, -0.2) is 42.6 Å². The fourth-order valence-electron chi connectivity index (χ4n) is 2.34. The van der Waals surface area contributed by atoms with Gasteiger partial charge in [0.2, 0.25) is 5.91 Å². The standard InChI is InChI=1S/C13H24N4O3/c1-15-13(14)16-8-4-7-10(12(19)20)17-11(18)9-5-2-3-6-9/h9-10H,2-8H2,1H3,(H,17,18)(H,19,20)(H3,14,15,16)/t10-/m0/s1. The minimum atomic E-state index is -0.992. The first-order valence-electron chi connectivity index (χ1n) is 7.04. The summed E-state index contributed by atoms with van der Waals surface area (Å²) in [6.45, 7) is 0.534. The molecule has 1 rings (SSSR count). The van der Waals surface area contributed by atoms with Crippen LogP contribution in [0.4, 0.5) is 0 Å². The zero-order valence-corrected chi connectivity index (χ0v) is 11.9. The van der Waals surface area contributed by atoms with E-state index >= 15 is 0 Å². The number of nitrogens with two attached hydrogens (primary N) is 1. The summed E-state index contributed by atoms with van der Waals surface area (Å²) in [5, 5.41) is 14.6. The van der Waals surface area contributed by atoms with Crippen LogP contribution in [0.15, 0.2) is 4.99 Å². The molecule has 0 aromatic rings. The maximum atomic E-state index is 11.9. The highest BCUT2D eigenvalue weighted by Crippen LogP contribution is 2.24. The van der Waals surface area contributed by atoms with Gasteiger partial charge in [-0.05, 0) is 25.7 Å². The van der Waals surface area contributed by atoms with Crippen molar-refractivity contribution >= 4 is 17.8 Å². The van der Waals surface area contributed by atoms with Gasteiger partial charge >= 0.3 is 5.97 Å². The van der Waals surface area contributed by atoms with Crippen LogP contribution in [0.2, 0.25) is 0 Å². The molecule has 0 heterocycles. The van der Waals surface area contributed by atoms with Crippen LogP contribution in [0, 0.1) is 5.92 Å². The predicted molar refractivity (Wildman–Crippen MR) is 76.3 cm³/mol. The van der Waals surface area contributed by atoms with Gasteiger partial charge in [-0.25, -0.2) is 4.79 Å². The van der Waals surface area contributed by atoms with Crippen LogP contribution in [-0.2, 0) is 9.59 Å². The van der Waals surface area contributed by atoms with Gasteiger partial charge in [-0.1, -0.05) is 12.8 Å². The van der Waals surface area contributed by atoms with E-state index in [1.807, 2.05) is 0 Å². The Morgan fingerprint density at radius 2 is 2.05 bits per heavy atom. The summed E-state index contributed by atoms with van der Waals surface area (Å²) < 4.78 is 0. The van der Waals surface area contributed by atoms with E-state index in [0.29, 0.717) is 25.3 Å². The van der Waals surface area contributed by atoms with E-state index in [4.69, 9.17) is 10.8 Å². The van der Waals surface area contributed by atoms with Crippen molar-refractivity contribution in [2.45, 2.75) is 44.6 Å². The highest BCUT2D eigenvalue weighted by atomic mass is 16.4. The van der Waals surface area contributed by atoms with Crippen molar-refractivity contribution in [1.29, 1.82) is 0 Å². The van der Waals surface area contributed by atoms with E-state index in [1.54, 1.807) is 7.05 Å². The summed E-state index contributed by atoms with van der Waals surface area (Å²) in [4.78, 5) is 26.8. The number of carboxylic acid groups (broad SMARTS) is 1. The molecule has 0 bridgehead atoms. The third kappa shape index (κ3) is 5.46. The number of nitrogens with one attached hydrogen (secondary N) is 2. The first-order valence-corrected chi connectivity index (χ1v) is 7.04. The Kier molecular flexibility index (Phi) is 6.83. The van der Waals surface area contributed by atoms with Gasteiger partial charge in [-0.2, -0.15) is 0 Å². The summed E-state index contributed by atoms with van der Waals surface area (Å²) in [6.07, 6.45) is 4.80. The number of hydrogen-bond donors (Lipinski definition) is 4. The van der Waals surface area contributed by atoms with Crippen molar-refractivity contribution in [2.75, 3.05) is 13.6 Å². The van der Waals surface area contributed by atoms with E-state index in [2.05, 4.69) is 15.6 Å². The van der Waals surface area contributed by atoms with E-state index in [0.717, 1.165) is 25.7 Å². The number of amides is 1. The summed E-state index contributed by atoms with van der Waals surface area (Å²) in [5.41, 5.74) is 5.47. The second-order valence-electron chi connectivity index (χ2n) is 5.06. The number of carbonyl (C=O) groups is 2. The number of carbonyl (C=O) groups excluding carboxylic acids is 1. The number of hydrogen-bond acceptors (Lipinski definition) is 3. The fraction of sp³-hybridized carbons (Fsp3) is 0.769. The molecule has 1 fully saturated rings. The molecule has 1 saturated carbocycles. The summed E-state index contributed by atoms with van der Waals surface area (Å²) in [6, 6.07) is -0.829. The van der Waals surface area contributed by atoms with Crippen LogP contribution in [0.3, 0.4) is 0 Å². The Hall–Kier alpha value is -1.79. The largest absolute Gasteiger partial charge is 0.480 e. The fourth-order valence-corrected chi connectivity index (χ4v) is 2.34. The van der Waals surface area contributed by atoms with Crippen LogP contribution >= 0.6 is 0 Å². The lowest BCUT2D eigenvalue weighted by molar-refractivity contribution is -0.142. The zero-order chi connectivity index (χ0) is 15.0.